The SMILES string of the molecule is COc1cc(COC(=O)NC2C[C@@H](C(=O)O)N(C(=O)OCC3c4ccccc4-c4ccccc43)C2)c([N+](=O)[O-])cc1OC. The number of carbonyl (C=O) groups is 3. The van der Waals surface area contributed by atoms with Gasteiger partial charge in [0, 0.05) is 18.9 Å². The predicted molar refractivity (Wildman–Crippen MR) is 151 cm³/mol. The molecule has 13 nitrogen and oxygen atoms in total. The highest BCUT2D eigenvalue weighted by molar-refractivity contribution is 5.82. The lowest BCUT2D eigenvalue weighted by Gasteiger charge is -2.22. The van der Waals surface area contributed by atoms with E-state index in [9.17, 15) is 29.6 Å². The zero-order chi connectivity index (χ0) is 30.7. The molecule has 1 aliphatic carbocycles. The summed E-state index contributed by atoms with van der Waals surface area (Å²) in [6.45, 7) is -0.577. The van der Waals surface area contributed by atoms with Gasteiger partial charge in [0.1, 0.15) is 19.3 Å². The topological polar surface area (TPSA) is 167 Å². The van der Waals surface area contributed by atoms with E-state index in [1.54, 1.807) is 0 Å². The molecule has 3 aromatic carbocycles. The second kappa shape index (κ2) is 12.3. The Balaban J connectivity index is 1.21. The maximum atomic E-state index is 13.1. The molecule has 3 aromatic rings. The van der Waals surface area contributed by atoms with Gasteiger partial charge in [0.25, 0.3) is 5.69 Å². The van der Waals surface area contributed by atoms with E-state index < -0.39 is 41.8 Å². The second-order valence-corrected chi connectivity index (χ2v) is 10.1. The Morgan fingerprint density at radius 3 is 2.16 bits per heavy atom. The molecule has 0 bridgehead atoms. The summed E-state index contributed by atoms with van der Waals surface area (Å²) in [5, 5.41) is 23.8. The average molecular weight is 592 g/mol. The molecule has 1 unspecified atom stereocenters. The molecule has 0 radical (unpaired) electrons. The third-order valence-corrected chi connectivity index (χ3v) is 7.62. The van der Waals surface area contributed by atoms with E-state index in [4.69, 9.17) is 18.9 Å². The summed E-state index contributed by atoms with van der Waals surface area (Å²) in [5.41, 5.74) is 3.89. The van der Waals surface area contributed by atoms with Crippen LogP contribution < -0.4 is 14.8 Å². The van der Waals surface area contributed by atoms with Crippen molar-refractivity contribution in [2.45, 2.75) is 31.0 Å². The number of likely N-dealkylation sites (tertiary alicyclic amines) is 1. The van der Waals surface area contributed by atoms with Crippen LogP contribution in [0.3, 0.4) is 0 Å². The molecule has 13 heteroatoms. The highest BCUT2D eigenvalue weighted by Crippen LogP contribution is 2.44. The molecule has 2 aliphatic rings. The second-order valence-electron chi connectivity index (χ2n) is 10.1. The molecule has 0 aromatic heterocycles. The van der Waals surface area contributed by atoms with Crippen LogP contribution in [0.15, 0.2) is 60.7 Å². The van der Waals surface area contributed by atoms with Crippen LogP contribution in [0, 0.1) is 10.1 Å². The fraction of sp³-hybridized carbons (Fsp3) is 0.300. The highest BCUT2D eigenvalue weighted by atomic mass is 16.6. The van der Waals surface area contributed by atoms with E-state index >= 15 is 0 Å². The van der Waals surface area contributed by atoms with Gasteiger partial charge in [-0.05, 0) is 28.3 Å². The molecule has 2 amide bonds. The van der Waals surface area contributed by atoms with Crippen LogP contribution in [0.25, 0.3) is 11.1 Å². The molecule has 1 saturated heterocycles. The van der Waals surface area contributed by atoms with Crippen molar-refractivity contribution in [3.05, 3.63) is 87.5 Å². The van der Waals surface area contributed by atoms with Gasteiger partial charge in [0.05, 0.1) is 36.8 Å². The van der Waals surface area contributed by atoms with Gasteiger partial charge in [-0.15, -0.1) is 0 Å². The lowest BCUT2D eigenvalue weighted by atomic mass is 9.98. The van der Waals surface area contributed by atoms with Crippen LogP contribution in [0.1, 0.15) is 29.0 Å². The van der Waals surface area contributed by atoms with Gasteiger partial charge in [0.15, 0.2) is 11.5 Å². The molecule has 0 saturated carbocycles. The minimum absolute atomic E-state index is 0.0138. The van der Waals surface area contributed by atoms with Gasteiger partial charge in [-0.3, -0.25) is 15.0 Å². The van der Waals surface area contributed by atoms with Gasteiger partial charge in [-0.2, -0.15) is 0 Å². The quantitative estimate of drug-likeness (QED) is 0.270. The molecular weight excluding hydrogens is 562 g/mol. The number of methoxy groups -OCH3 is 2. The van der Waals surface area contributed by atoms with E-state index in [0.29, 0.717) is 0 Å². The standard InChI is InChI=1S/C30H29N3O10/c1-40-26-11-17(24(33(38)39)13-27(26)41-2)15-42-29(36)31-18-12-25(28(34)35)32(14-18)30(37)43-16-23-21-9-5-3-7-19(21)20-8-4-6-10-22(20)23/h3-11,13,18,23,25H,12,14-16H2,1-2H3,(H,31,36)(H,34,35)/t18?,25-/m0/s1. The molecule has 1 fully saturated rings. The van der Waals surface area contributed by atoms with Crippen LogP contribution in [0.5, 0.6) is 11.5 Å². The number of hydrogen-bond donors (Lipinski definition) is 2. The summed E-state index contributed by atoms with van der Waals surface area (Å²) < 4.78 is 21.1. The predicted octanol–water partition coefficient (Wildman–Crippen LogP) is 4.31. The number of rotatable bonds is 9. The van der Waals surface area contributed by atoms with Crippen LogP contribution in [-0.2, 0) is 20.9 Å². The van der Waals surface area contributed by atoms with Gasteiger partial charge < -0.3 is 29.4 Å². The number of carboxylic acid groups (broad SMARTS) is 1. The molecule has 1 aliphatic heterocycles. The van der Waals surface area contributed by atoms with E-state index in [0.717, 1.165) is 33.2 Å². The summed E-state index contributed by atoms with van der Waals surface area (Å²) in [6.07, 6.45) is -1.83. The number of nitrogens with zero attached hydrogens (tertiary/aromatic N) is 2. The highest BCUT2D eigenvalue weighted by Gasteiger charge is 2.42. The molecule has 5 rings (SSSR count). The number of aliphatic carboxylic acids is 1. The van der Waals surface area contributed by atoms with E-state index in [2.05, 4.69) is 5.32 Å². The van der Waals surface area contributed by atoms with Crippen molar-refractivity contribution in [1.29, 1.82) is 0 Å². The third-order valence-electron chi connectivity index (χ3n) is 7.62. The third kappa shape index (κ3) is 5.87. The van der Waals surface area contributed by atoms with Crippen molar-refractivity contribution < 1.29 is 43.4 Å². The number of carbonyl (C=O) groups excluding carboxylic acids is 2. The number of amides is 2. The maximum absolute atomic E-state index is 13.1. The Labute approximate surface area is 246 Å². The lowest BCUT2D eigenvalue weighted by molar-refractivity contribution is -0.385. The normalized spacial score (nSPS) is 17.0. The summed E-state index contributed by atoms with van der Waals surface area (Å²) in [6, 6.07) is 16.2. The van der Waals surface area contributed by atoms with Gasteiger partial charge in [-0.25, -0.2) is 14.4 Å². The first kappa shape index (κ1) is 29.2. The van der Waals surface area contributed by atoms with E-state index in [1.165, 1.54) is 20.3 Å². The fourth-order valence-corrected chi connectivity index (χ4v) is 5.60. The number of ether oxygens (including phenoxy) is 4. The molecular formula is C30H29N3O10. The van der Waals surface area contributed by atoms with Crippen LogP contribution in [0.2, 0.25) is 0 Å². The fourth-order valence-electron chi connectivity index (χ4n) is 5.60. The number of carboxylic acids is 1. The summed E-state index contributed by atoms with van der Waals surface area (Å²) in [4.78, 5) is 49.6. The van der Waals surface area contributed by atoms with Crippen molar-refractivity contribution in [3.8, 4) is 22.6 Å². The Kier molecular flexibility index (Phi) is 8.32. The number of benzene rings is 3. The largest absolute Gasteiger partial charge is 0.493 e. The molecule has 1 heterocycles. The Morgan fingerprint density at radius 2 is 1.58 bits per heavy atom. The number of nitro groups is 1. The van der Waals surface area contributed by atoms with Crippen molar-refractivity contribution in [3.63, 3.8) is 0 Å². The number of alkyl carbamates (subject to hydrolysis) is 1. The number of nitrogens with one attached hydrogen (secondary N) is 1. The Bertz CT molecular complexity index is 1530. The average Bonchev–Trinajstić information content (AvgIpc) is 3.57. The molecule has 43 heavy (non-hydrogen) atoms. The summed E-state index contributed by atoms with van der Waals surface area (Å²) >= 11 is 0. The van der Waals surface area contributed by atoms with E-state index in [-0.39, 0.29) is 48.2 Å². The first-order valence-corrected chi connectivity index (χ1v) is 13.4. The Hall–Kier alpha value is -5.33. The van der Waals surface area contributed by atoms with Crippen molar-refractivity contribution >= 4 is 23.8 Å². The smallest absolute Gasteiger partial charge is 0.410 e. The lowest BCUT2D eigenvalue weighted by Crippen LogP contribution is -2.42. The summed E-state index contributed by atoms with van der Waals surface area (Å²) in [5.74, 6) is -1.09. The number of nitro benzene ring substituents is 1. The number of hydrogen-bond acceptors (Lipinski definition) is 9. The minimum atomic E-state index is -1.24. The van der Waals surface area contributed by atoms with E-state index in [1.807, 2.05) is 48.5 Å². The van der Waals surface area contributed by atoms with Gasteiger partial charge in [-0.1, -0.05) is 48.5 Å². The van der Waals surface area contributed by atoms with Crippen molar-refractivity contribution in [2.75, 3.05) is 27.4 Å². The zero-order valence-corrected chi connectivity index (χ0v) is 23.3. The van der Waals surface area contributed by atoms with Crippen molar-refractivity contribution in [1.82, 2.24) is 10.2 Å². The first-order valence-electron chi connectivity index (χ1n) is 13.4. The van der Waals surface area contributed by atoms with Gasteiger partial charge in [0.2, 0.25) is 0 Å². The van der Waals surface area contributed by atoms with Crippen LogP contribution >= 0.6 is 0 Å². The molecule has 2 N–H and O–H groups in total. The molecule has 0 spiro atoms. The van der Waals surface area contributed by atoms with Crippen molar-refractivity contribution in [2.24, 2.45) is 0 Å². The van der Waals surface area contributed by atoms with Gasteiger partial charge >= 0.3 is 18.2 Å². The molecule has 224 valence electrons. The zero-order valence-electron chi connectivity index (χ0n) is 23.3. The summed E-state index contributed by atoms with van der Waals surface area (Å²) in [7, 11) is 2.70. The first-order chi connectivity index (χ1) is 20.7. The van der Waals surface area contributed by atoms with Crippen LogP contribution in [0.4, 0.5) is 15.3 Å². The number of fused-ring (bicyclic) bond motifs is 3. The minimum Gasteiger partial charge on any atom is -0.493 e. The maximum Gasteiger partial charge on any atom is 0.410 e. The van der Waals surface area contributed by atoms with Crippen LogP contribution in [-0.4, -0.2) is 72.5 Å². The monoisotopic (exact) mass is 591 g/mol. The Morgan fingerprint density at radius 1 is 0.977 bits per heavy atom. The molecule has 2 atom stereocenters.